The quantitative estimate of drug-likeness (QED) is 0.598. The first-order chi connectivity index (χ1) is 8.74. The Bertz CT molecular complexity index is 341. The lowest BCUT2D eigenvalue weighted by molar-refractivity contribution is -0.122. The fraction of sp³-hybridized carbons (Fsp3) is 0.500. The second-order valence-electron chi connectivity index (χ2n) is 4.35. The van der Waals surface area contributed by atoms with E-state index < -0.39 is 6.04 Å². The molecule has 0 radical (unpaired) electrons. The van der Waals surface area contributed by atoms with Crippen molar-refractivity contribution in [2.75, 3.05) is 13.2 Å². The topological polar surface area (TPSA) is 75.4 Å². The highest BCUT2D eigenvalue weighted by Crippen LogP contribution is 2.04. The SMILES string of the molecule is NC(CCc1ccccc1)C(=O)NCCCCO. The van der Waals surface area contributed by atoms with Gasteiger partial charge in [-0.05, 0) is 31.2 Å². The van der Waals surface area contributed by atoms with Crippen LogP contribution in [0.1, 0.15) is 24.8 Å². The molecule has 0 fully saturated rings. The fourth-order valence-electron chi connectivity index (χ4n) is 1.68. The van der Waals surface area contributed by atoms with Crippen LogP contribution >= 0.6 is 0 Å². The average molecular weight is 250 g/mol. The van der Waals surface area contributed by atoms with Crippen LogP contribution in [0.4, 0.5) is 0 Å². The summed E-state index contributed by atoms with van der Waals surface area (Å²) in [7, 11) is 0. The predicted octanol–water partition coefficient (Wildman–Crippen LogP) is 0.835. The summed E-state index contributed by atoms with van der Waals surface area (Å²) in [5, 5.41) is 11.4. The number of unbranched alkanes of at least 4 members (excludes halogenated alkanes) is 1. The van der Waals surface area contributed by atoms with Gasteiger partial charge in [0.2, 0.25) is 5.91 Å². The van der Waals surface area contributed by atoms with E-state index in [1.807, 2.05) is 30.3 Å². The zero-order valence-corrected chi connectivity index (χ0v) is 10.6. The molecule has 4 N–H and O–H groups in total. The highest BCUT2D eigenvalue weighted by Gasteiger charge is 2.12. The first kappa shape index (κ1) is 14.7. The van der Waals surface area contributed by atoms with Crippen molar-refractivity contribution in [1.82, 2.24) is 5.32 Å². The number of nitrogens with two attached hydrogens (primary N) is 1. The molecule has 0 saturated carbocycles. The van der Waals surface area contributed by atoms with Gasteiger partial charge in [0.15, 0.2) is 0 Å². The smallest absolute Gasteiger partial charge is 0.236 e. The van der Waals surface area contributed by atoms with Gasteiger partial charge in [0.25, 0.3) is 0 Å². The number of hydrogen-bond donors (Lipinski definition) is 3. The fourth-order valence-corrected chi connectivity index (χ4v) is 1.68. The molecular weight excluding hydrogens is 228 g/mol. The number of aryl methyl sites for hydroxylation is 1. The largest absolute Gasteiger partial charge is 0.396 e. The predicted molar refractivity (Wildman–Crippen MR) is 72.1 cm³/mol. The molecule has 4 nitrogen and oxygen atoms in total. The molecule has 0 aliphatic rings. The summed E-state index contributed by atoms with van der Waals surface area (Å²) in [4.78, 5) is 11.6. The van der Waals surface area contributed by atoms with Gasteiger partial charge in [-0.1, -0.05) is 30.3 Å². The summed E-state index contributed by atoms with van der Waals surface area (Å²) in [5.74, 6) is -0.108. The van der Waals surface area contributed by atoms with Crippen LogP contribution < -0.4 is 11.1 Å². The summed E-state index contributed by atoms with van der Waals surface area (Å²) in [6.45, 7) is 0.744. The van der Waals surface area contributed by atoms with Gasteiger partial charge in [0.1, 0.15) is 0 Å². The van der Waals surface area contributed by atoms with E-state index in [-0.39, 0.29) is 12.5 Å². The lowest BCUT2D eigenvalue weighted by Gasteiger charge is -2.12. The number of nitrogens with one attached hydrogen (secondary N) is 1. The van der Waals surface area contributed by atoms with Crippen molar-refractivity contribution in [1.29, 1.82) is 0 Å². The molecule has 18 heavy (non-hydrogen) atoms. The van der Waals surface area contributed by atoms with Crippen molar-refractivity contribution in [3.8, 4) is 0 Å². The lowest BCUT2D eigenvalue weighted by atomic mass is 10.1. The molecule has 0 heterocycles. The summed E-state index contributed by atoms with van der Waals surface area (Å²) in [5.41, 5.74) is 7.01. The average Bonchev–Trinajstić information content (AvgIpc) is 2.42. The summed E-state index contributed by atoms with van der Waals surface area (Å²) in [6, 6.07) is 9.54. The maximum Gasteiger partial charge on any atom is 0.236 e. The number of aliphatic hydroxyl groups is 1. The summed E-state index contributed by atoms with van der Waals surface area (Å²) in [6.07, 6.45) is 2.95. The van der Waals surface area contributed by atoms with Crippen LogP contribution in [0.3, 0.4) is 0 Å². The Balaban J connectivity index is 2.19. The van der Waals surface area contributed by atoms with E-state index in [4.69, 9.17) is 10.8 Å². The first-order valence-corrected chi connectivity index (χ1v) is 6.42. The van der Waals surface area contributed by atoms with E-state index in [1.54, 1.807) is 0 Å². The van der Waals surface area contributed by atoms with Crippen molar-refractivity contribution in [3.63, 3.8) is 0 Å². The molecule has 1 rings (SSSR count). The Morgan fingerprint density at radius 1 is 1.28 bits per heavy atom. The van der Waals surface area contributed by atoms with E-state index in [9.17, 15) is 4.79 Å². The molecule has 1 atom stereocenters. The lowest BCUT2D eigenvalue weighted by Crippen LogP contribution is -2.41. The Kier molecular flexibility index (Phi) is 7.06. The Morgan fingerprint density at radius 3 is 2.67 bits per heavy atom. The monoisotopic (exact) mass is 250 g/mol. The van der Waals surface area contributed by atoms with E-state index >= 15 is 0 Å². The van der Waals surface area contributed by atoms with Crippen molar-refractivity contribution in [2.24, 2.45) is 5.73 Å². The minimum atomic E-state index is -0.459. The molecule has 0 saturated heterocycles. The van der Waals surface area contributed by atoms with Gasteiger partial charge in [-0.15, -0.1) is 0 Å². The van der Waals surface area contributed by atoms with Crippen LogP contribution in [0, 0.1) is 0 Å². The number of aliphatic hydroxyl groups excluding tert-OH is 1. The van der Waals surface area contributed by atoms with E-state index in [0.29, 0.717) is 19.4 Å². The van der Waals surface area contributed by atoms with E-state index in [0.717, 1.165) is 12.8 Å². The minimum Gasteiger partial charge on any atom is -0.396 e. The van der Waals surface area contributed by atoms with Gasteiger partial charge in [-0.3, -0.25) is 4.79 Å². The second kappa shape index (κ2) is 8.66. The van der Waals surface area contributed by atoms with Crippen molar-refractivity contribution >= 4 is 5.91 Å². The molecule has 0 bridgehead atoms. The molecule has 0 aromatic heterocycles. The highest BCUT2D eigenvalue weighted by molar-refractivity contribution is 5.81. The maximum atomic E-state index is 11.6. The normalized spacial score (nSPS) is 12.1. The van der Waals surface area contributed by atoms with Gasteiger partial charge in [0.05, 0.1) is 6.04 Å². The molecular formula is C14H22N2O2. The van der Waals surface area contributed by atoms with Crippen LogP contribution in [0.2, 0.25) is 0 Å². The maximum absolute atomic E-state index is 11.6. The Morgan fingerprint density at radius 2 is 2.00 bits per heavy atom. The number of carbonyl (C=O) groups is 1. The third-order valence-electron chi connectivity index (χ3n) is 2.81. The van der Waals surface area contributed by atoms with Crippen molar-refractivity contribution in [3.05, 3.63) is 35.9 Å². The zero-order chi connectivity index (χ0) is 13.2. The summed E-state index contributed by atoms with van der Waals surface area (Å²) >= 11 is 0. The number of carbonyl (C=O) groups excluding carboxylic acids is 1. The van der Waals surface area contributed by atoms with E-state index in [2.05, 4.69) is 5.32 Å². The van der Waals surface area contributed by atoms with Gasteiger partial charge in [0, 0.05) is 13.2 Å². The first-order valence-electron chi connectivity index (χ1n) is 6.42. The number of benzene rings is 1. The minimum absolute atomic E-state index is 0.108. The number of rotatable bonds is 8. The highest BCUT2D eigenvalue weighted by atomic mass is 16.2. The van der Waals surface area contributed by atoms with Crippen LogP contribution in [0.15, 0.2) is 30.3 Å². The molecule has 1 unspecified atom stereocenters. The molecule has 4 heteroatoms. The second-order valence-corrected chi connectivity index (χ2v) is 4.35. The third kappa shape index (κ3) is 5.80. The number of hydrogen-bond acceptors (Lipinski definition) is 3. The van der Waals surface area contributed by atoms with Gasteiger partial charge in [-0.2, -0.15) is 0 Å². The molecule has 1 aromatic carbocycles. The number of amides is 1. The molecule has 1 amide bonds. The van der Waals surface area contributed by atoms with Gasteiger partial charge in [-0.25, -0.2) is 0 Å². The standard InChI is InChI=1S/C14H22N2O2/c15-13(14(18)16-10-4-5-11-17)9-8-12-6-2-1-3-7-12/h1-3,6-7,13,17H,4-5,8-11,15H2,(H,16,18). The molecule has 100 valence electrons. The van der Waals surface area contributed by atoms with Crippen molar-refractivity contribution < 1.29 is 9.90 Å². The molecule has 0 spiro atoms. The van der Waals surface area contributed by atoms with Crippen LogP contribution in [-0.2, 0) is 11.2 Å². The van der Waals surface area contributed by atoms with Gasteiger partial charge >= 0.3 is 0 Å². The third-order valence-corrected chi connectivity index (χ3v) is 2.81. The summed E-state index contributed by atoms with van der Waals surface area (Å²) < 4.78 is 0. The molecule has 0 aliphatic carbocycles. The van der Waals surface area contributed by atoms with Crippen molar-refractivity contribution in [2.45, 2.75) is 31.7 Å². The van der Waals surface area contributed by atoms with Crippen LogP contribution in [-0.4, -0.2) is 30.2 Å². The van der Waals surface area contributed by atoms with Crippen LogP contribution in [0.25, 0.3) is 0 Å². The molecule has 1 aromatic rings. The van der Waals surface area contributed by atoms with E-state index in [1.165, 1.54) is 5.56 Å². The Labute approximate surface area is 108 Å². The van der Waals surface area contributed by atoms with Gasteiger partial charge < -0.3 is 16.2 Å². The Hall–Kier alpha value is -1.39. The van der Waals surface area contributed by atoms with Crippen LogP contribution in [0.5, 0.6) is 0 Å². The zero-order valence-electron chi connectivity index (χ0n) is 10.6. The molecule has 0 aliphatic heterocycles.